The summed E-state index contributed by atoms with van der Waals surface area (Å²) in [4.78, 5) is 88.8. The summed E-state index contributed by atoms with van der Waals surface area (Å²) >= 11 is 0. The molecule has 47 heavy (non-hydrogen) atoms. The third-order valence-corrected chi connectivity index (χ3v) is 4.39. The van der Waals surface area contributed by atoms with E-state index in [2.05, 4.69) is 32.3 Å². The van der Waals surface area contributed by atoms with Crippen LogP contribution in [-0.4, -0.2) is 154 Å². The molecule has 23 heteroatoms. The second kappa shape index (κ2) is 33.9. The number of carbonyl (C=O) groups is 9. The predicted molar refractivity (Wildman–Crippen MR) is 158 cm³/mol. The van der Waals surface area contributed by atoms with Crippen LogP contribution < -0.4 is 38.1 Å². The lowest BCUT2D eigenvalue weighted by molar-refractivity contribution is -0.138. The van der Waals surface area contributed by atoms with Gasteiger partial charge in [-0.3, -0.25) is 53.8 Å². The van der Waals surface area contributed by atoms with E-state index in [1.807, 2.05) is 0 Å². The normalized spacial score (nSPS) is 11.0. The molecule has 0 heterocycles. The molecular formula is C24H45N7O16. The third-order valence-electron chi connectivity index (χ3n) is 4.39. The predicted octanol–water partition coefficient (Wildman–Crippen LogP) is -5.22. The van der Waals surface area contributed by atoms with E-state index in [9.17, 15) is 43.2 Å². The average Bonchev–Trinajstić information content (AvgIpc) is 2.88. The van der Waals surface area contributed by atoms with E-state index in [0.29, 0.717) is 12.6 Å². The van der Waals surface area contributed by atoms with E-state index in [-0.39, 0.29) is 65.2 Å². The van der Waals surface area contributed by atoms with Gasteiger partial charge in [-0.25, -0.2) is 0 Å². The topological polar surface area (TPSA) is 407 Å². The summed E-state index contributed by atoms with van der Waals surface area (Å²) in [6.45, 7) is -0.637. The Labute approximate surface area is 268 Å². The van der Waals surface area contributed by atoms with Crippen LogP contribution >= 0.6 is 0 Å². The summed E-state index contributed by atoms with van der Waals surface area (Å²) in [7, 11) is 0. The summed E-state index contributed by atoms with van der Waals surface area (Å²) in [6, 6.07) is 0.487. The van der Waals surface area contributed by atoms with Gasteiger partial charge in [0.25, 0.3) is 0 Å². The molecule has 0 aliphatic heterocycles. The number of carbonyl (C=O) groups excluding carboxylic acids is 2. The van der Waals surface area contributed by atoms with Crippen molar-refractivity contribution < 1.29 is 78.9 Å². The van der Waals surface area contributed by atoms with Crippen LogP contribution in [0.15, 0.2) is 0 Å². The van der Waals surface area contributed by atoms with Crippen molar-refractivity contribution in [3.05, 3.63) is 0 Å². The van der Waals surface area contributed by atoms with Crippen LogP contribution in [0.25, 0.3) is 0 Å². The Morgan fingerprint density at radius 2 is 0.787 bits per heavy atom. The van der Waals surface area contributed by atoms with Crippen molar-refractivity contribution in [1.82, 2.24) is 26.6 Å². The minimum Gasteiger partial charge on any atom is -0.481 e. The summed E-state index contributed by atoms with van der Waals surface area (Å²) in [6.07, 6.45) is 3.67. The summed E-state index contributed by atoms with van der Waals surface area (Å²) in [5.41, 5.74) is 9.47. The Kier molecular flexibility index (Phi) is 35.3. The number of carboxylic acids is 7. The van der Waals surface area contributed by atoms with Crippen molar-refractivity contribution in [1.29, 1.82) is 0 Å². The maximum absolute atomic E-state index is 10.1. The van der Waals surface area contributed by atoms with Crippen LogP contribution in [-0.2, 0) is 43.2 Å². The van der Waals surface area contributed by atoms with Crippen LogP contribution in [0, 0.1) is 0 Å². The molecule has 272 valence electrons. The van der Waals surface area contributed by atoms with Crippen LogP contribution in [0.5, 0.6) is 0 Å². The molecule has 23 nitrogen and oxygen atoms in total. The largest absolute Gasteiger partial charge is 0.481 e. The monoisotopic (exact) mass is 687 g/mol. The highest BCUT2D eigenvalue weighted by Crippen LogP contribution is 2.17. The number of carboxylic acid groups (broad SMARTS) is 7. The van der Waals surface area contributed by atoms with Gasteiger partial charge in [0.2, 0.25) is 11.8 Å². The molecule has 16 N–H and O–H groups in total. The number of amides is 2. The van der Waals surface area contributed by atoms with Gasteiger partial charge in [0.05, 0.1) is 52.2 Å². The molecule has 0 aromatic carbocycles. The van der Waals surface area contributed by atoms with Crippen molar-refractivity contribution >= 4 is 53.6 Å². The molecule has 1 rings (SSSR count). The molecule has 0 spiro atoms. The lowest BCUT2D eigenvalue weighted by Crippen LogP contribution is -2.38. The number of aliphatic carboxylic acids is 7. The molecule has 0 saturated heterocycles. The Morgan fingerprint density at radius 1 is 0.447 bits per heavy atom. The first-order valence-corrected chi connectivity index (χ1v) is 13.4. The van der Waals surface area contributed by atoms with Crippen LogP contribution in [0.4, 0.5) is 0 Å². The summed E-state index contributed by atoms with van der Waals surface area (Å²) < 4.78 is 0. The zero-order valence-corrected chi connectivity index (χ0v) is 25.4. The Bertz CT molecular complexity index is 855. The highest BCUT2D eigenvalue weighted by atomic mass is 16.4. The lowest BCUT2D eigenvalue weighted by atomic mass is 9.93. The fourth-order valence-electron chi connectivity index (χ4n) is 2.21. The molecule has 0 unspecified atom stereocenters. The standard InChI is InChI=1S/C6H11NO2.C5H10N2O3.C5H9NO4.C4H8N2O3.C4H7NO4/c8-6(9)4-7-5-2-1-3-5;6-4(8)1-2-7-3-5(9)10;7-4(8)1-2-6-3-5(9)10;5-3(7)1-6-2-4(8)9;6-3(7)1-5-2-4(8)9/h5,7H,1-4H2,(H,8,9);7H,1-3H2,(H2,6,8)(H,9,10);6H,1-3H2,(H,7,8)(H,9,10);6H,1-2H2,(H2,5,7)(H,8,9);5H,1-2H2,(H,6,7)(H,8,9). The van der Waals surface area contributed by atoms with Crippen molar-refractivity contribution in [2.75, 3.05) is 58.9 Å². The fraction of sp³-hybridized carbons (Fsp3) is 0.625. The number of nitrogens with one attached hydrogen (secondary N) is 5. The smallest absolute Gasteiger partial charge is 0.317 e. The first-order valence-electron chi connectivity index (χ1n) is 13.4. The van der Waals surface area contributed by atoms with Gasteiger partial charge < -0.3 is 63.2 Å². The highest BCUT2D eigenvalue weighted by molar-refractivity contribution is 5.77. The first-order chi connectivity index (χ1) is 21.8. The third kappa shape index (κ3) is 60.9. The Hall–Kier alpha value is -4.97. The van der Waals surface area contributed by atoms with E-state index in [1.54, 1.807) is 0 Å². The van der Waals surface area contributed by atoms with Crippen molar-refractivity contribution in [2.24, 2.45) is 11.5 Å². The van der Waals surface area contributed by atoms with E-state index in [0.717, 1.165) is 12.8 Å². The SMILES string of the molecule is NC(=O)CCNCC(=O)O.NC(=O)CNCC(=O)O.O=C(O)CCNCC(=O)O.O=C(O)CNC1CCC1.O=C(O)CNCC(=O)O. The van der Waals surface area contributed by atoms with E-state index in [1.165, 1.54) is 6.42 Å². The minimum atomic E-state index is -1.06. The van der Waals surface area contributed by atoms with Crippen LogP contribution in [0.3, 0.4) is 0 Å². The first kappa shape index (κ1) is 48.9. The molecule has 0 atom stereocenters. The van der Waals surface area contributed by atoms with Gasteiger partial charge in [0, 0.05) is 25.6 Å². The van der Waals surface area contributed by atoms with Gasteiger partial charge in [0.1, 0.15) is 0 Å². The molecule has 1 aliphatic rings. The zero-order valence-electron chi connectivity index (χ0n) is 25.4. The Balaban J connectivity index is -0.000000246. The lowest BCUT2D eigenvalue weighted by Gasteiger charge is -2.25. The fourth-order valence-corrected chi connectivity index (χ4v) is 2.21. The van der Waals surface area contributed by atoms with E-state index >= 15 is 0 Å². The zero-order chi connectivity index (χ0) is 37.2. The number of hydrogen-bond acceptors (Lipinski definition) is 14. The number of hydrogen-bond donors (Lipinski definition) is 14. The molecule has 1 aliphatic carbocycles. The molecule has 0 bridgehead atoms. The summed E-state index contributed by atoms with van der Waals surface area (Å²) in [5.74, 6) is -7.73. The van der Waals surface area contributed by atoms with Gasteiger partial charge in [0.15, 0.2) is 0 Å². The molecule has 0 radical (unpaired) electrons. The van der Waals surface area contributed by atoms with Gasteiger partial charge >= 0.3 is 41.8 Å². The Morgan fingerprint density at radius 3 is 1.06 bits per heavy atom. The van der Waals surface area contributed by atoms with Crippen molar-refractivity contribution in [3.8, 4) is 0 Å². The number of rotatable bonds is 21. The van der Waals surface area contributed by atoms with E-state index in [4.69, 9.17) is 41.5 Å². The van der Waals surface area contributed by atoms with Crippen LogP contribution in [0.2, 0.25) is 0 Å². The van der Waals surface area contributed by atoms with Gasteiger partial charge in [-0.15, -0.1) is 0 Å². The molecule has 1 saturated carbocycles. The van der Waals surface area contributed by atoms with Gasteiger partial charge in [-0.1, -0.05) is 6.42 Å². The average molecular weight is 688 g/mol. The maximum atomic E-state index is 10.1. The molecule has 0 aromatic rings. The summed E-state index contributed by atoms with van der Waals surface area (Å²) in [5, 5.41) is 68.8. The van der Waals surface area contributed by atoms with E-state index < -0.39 is 53.6 Å². The van der Waals surface area contributed by atoms with Crippen molar-refractivity contribution in [3.63, 3.8) is 0 Å². The number of nitrogens with two attached hydrogens (primary N) is 2. The molecular weight excluding hydrogens is 642 g/mol. The molecule has 2 amide bonds. The maximum Gasteiger partial charge on any atom is 0.317 e. The highest BCUT2D eigenvalue weighted by Gasteiger charge is 2.16. The molecule has 1 fully saturated rings. The second-order valence-corrected chi connectivity index (χ2v) is 8.76. The number of primary amides is 2. The minimum absolute atomic E-state index is 0.0483. The molecule has 0 aromatic heterocycles. The second-order valence-electron chi connectivity index (χ2n) is 8.76. The van der Waals surface area contributed by atoms with Gasteiger partial charge in [-0.05, 0) is 12.8 Å². The quantitative estimate of drug-likeness (QED) is 0.0501. The van der Waals surface area contributed by atoms with Crippen molar-refractivity contribution in [2.45, 2.75) is 38.1 Å². The van der Waals surface area contributed by atoms with Crippen LogP contribution in [0.1, 0.15) is 32.1 Å². The van der Waals surface area contributed by atoms with Gasteiger partial charge in [-0.2, -0.15) is 0 Å².